The Kier molecular flexibility index (Phi) is 1.93. The van der Waals surface area contributed by atoms with Crippen molar-refractivity contribution in [1.82, 2.24) is 5.32 Å². The van der Waals surface area contributed by atoms with Crippen molar-refractivity contribution in [2.24, 2.45) is 0 Å². The van der Waals surface area contributed by atoms with Gasteiger partial charge in [-0.3, -0.25) is 0 Å². The molecule has 15 heavy (non-hydrogen) atoms. The van der Waals surface area contributed by atoms with Gasteiger partial charge in [0.15, 0.2) is 0 Å². The van der Waals surface area contributed by atoms with Crippen molar-refractivity contribution in [2.45, 2.75) is 44.1 Å². The van der Waals surface area contributed by atoms with Crippen molar-refractivity contribution in [3.05, 3.63) is 34.9 Å². The predicted octanol–water partition coefficient (Wildman–Crippen LogP) is 3.08. The molecule has 1 aromatic rings. The average Bonchev–Trinajstić information content (AvgIpc) is 3.01. The van der Waals surface area contributed by atoms with Crippen LogP contribution in [0.5, 0.6) is 0 Å². The van der Waals surface area contributed by atoms with E-state index in [-0.39, 0.29) is 0 Å². The molecule has 1 N–H and O–H groups in total. The normalized spacial score (nSPS) is 26.4. The highest BCUT2D eigenvalue weighted by Gasteiger charge is 2.48. The zero-order valence-corrected chi connectivity index (χ0v) is 9.64. The molecule has 1 atom stereocenters. The van der Waals surface area contributed by atoms with E-state index in [0.29, 0.717) is 11.5 Å². The number of hydrogen-bond acceptors (Lipinski definition) is 1. The summed E-state index contributed by atoms with van der Waals surface area (Å²) < 4.78 is 0. The molecule has 0 bridgehead atoms. The van der Waals surface area contributed by atoms with Crippen LogP contribution < -0.4 is 5.32 Å². The van der Waals surface area contributed by atoms with Crippen molar-refractivity contribution in [2.75, 3.05) is 7.05 Å². The molecule has 1 spiro atoms. The molecule has 1 nitrogen and oxygen atoms in total. The highest BCUT2D eigenvalue weighted by Crippen LogP contribution is 2.57. The molecule has 0 aliphatic heterocycles. The van der Waals surface area contributed by atoms with Gasteiger partial charge in [0, 0.05) is 6.04 Å². The van der Waals surface area contributed by atoms with Crippen LogP contribution >= 0.6 is 0 Å². The SMILES string of the molecule is CNC1CCC2(CC2)c2cc(C)ccc21. The van der Waals surface area contributed by atoms with Crippen LogP contribution in [0.2, 0.25) is 0 Å². The van der Waals surface area contributed by atoms with Gasteiger partial charge in [-0.15, -0.1) is 0 Å². The third kappa shape index (κ3) is 1.33. The van der Waals surface area contributed by atoms with E-state index < -0.39 is 0 Å². The minimum absolute atomic E-state index is 0.590. The van der Waals surface area contributed by atoms with E-state index in [1.807, 2.05) is 0 Å². The van der Waals surface area contributed by atoms with E-state index in [1.165, 1.54) is 31.2 Å². The molecule has 0 aromatic heterocycles. The fourth-order valence-electron chi connectivity index (χ4n) is 3.11. The molecule has 0 amide bonds. The van der Waals surface area contributed by atoms with Crippen LogP contribution in [0.3, 0.4) is 0 Å². The van der Waals surface area contributed by atoms with Crippen molar-refractivity contribution in [3.63, 3.8) is 0 Å². The van der Waals surface area contributed by atoms with Crippen molar-refractivity contribution in [3.8, 4) is 0 Å². The van der Waals surface area contributed by atoms with Gasteiger partial charge in [0.05, 0.1) is 0 Å². The summed E-state index contributed by atoms with van der Waals surface area (Å²) in [6.45, 7) is 2.21. The molecule has 0 saturated heterocycles. The first-order valence-corrected chi connectivity index (χ1v) is 6.03. The Hall–Kier alpha value is -0.820. The summed E-state index contributed by atoms with van der Waals surface area (Å²) in [7, 11) is 2.08. The van der Waals surface area contributed by atoms with E-state index in [2.05, 4.69) is 37.5 Å². The molecule has 0 radical (unpaired) electrons. The standard InChI is InChI=1S/C14H19N/c1-10-3-4-11-12(9-10)14(7-8-14)6-5-13(11)15-2/h3-4,9,13,15H,5-8H2,1-2H3. The van der Waals surface area contributed by atoms with Crippen LogP contribution in [0, 0.1) is 6.92 Å². The third-order valence-electron chi connectivity index (χ3n) is 4.27. The number of nitrogens with one attached hydrogen (secondary N) is 1. The molecule has 1 saturated carbocycles. The maximum Gasteiger partial charge on any atom is 0.0320 e. The van der Waals surface area contributed by atoms with Gasteiger partial charge in [-0.25, -0.2) is 0 Å². The van der Waals surface area contributed by atoms with E-state index in [1.54, 1.807) is 11.1 Å². The second-order valence-electron chi connectivity index (χ2n) is 5.25. The fourth-order valence-corrected chi connectivity index (χ4v) is 3.11. The van der Waals surface area contributed by atoms with Crippen LogP contribution in [-0.2, 0) is 5.41 Å². The Morgan fingerprint density at radius 2 is 2.07 bits per heavy atom. The van der Waals surface area contributed by atoms with E-state index in [4.69, 9.17) is 0 Å². The second kappa shape index (κ2) is 3.08. The summed E-state index contributed by atoms with van der Waals surface area (Å²) in [5.41, 5.74) is 5.21. The fraction of sp³-hybridized carbons (Fsp3) is 0.571. The Morgan fingerprint density at radius 3 is 2.73 bits per heavy atom. The molecule has 2 aliphatic carbocycles. The Morgan fingerprint density at radius 1 is 1.27 bits per heavy atom. The van der Waals surface area contributed by atoms with Gasteiger partial charge in [-0.05, 0) is 56.2 Å². The number of aryl methyl sites for hydroxylation is 1. The van der Waals surface area contributed by atoms with E-state index in [0.717, 1.165) is 0 Å². The lowest BCUT2D eigenvalue weighted by atomic mass is 9.77. The van der Waals surface area contributed by atoms with Gasteiger partial charge >= 0.3 is 0 Å². The highest BCUT2D eigenvalue weighted by atomic mass is 14.9. The molecule has 80 valence electrons. The Labute approximate surface area is 91.9 Å². The summed E-state index contributed by atoms with van der Waals surface area (Å²) >= 11 is 0. The van der Waals surface area contributed by atoms with Gasteiger partial charge in [-0.2, -0.15) is 0 Å². The second-order valence-corrected chi connectivity index (χ2v) is 5.25. The van der Waals surface area contributed by atoms with Crippen LogP contribution in [0.1, 0.15) is 48.4 Å². The third-order valence-corrected chi connectivity index (χ3v) is 4.27. The lowest BCUT2D eigenvalue weighted by Gasteiger charge is -2.32. The van der Waals surface area contributed by atoms with Crippen molar-refractivity contribution >= 4 is 0 Å². The minimum atomic E-state index is 0.590. The topological polar surface area (TPSA) is 12.0 Å². The van der Waals surface area contributed by atoms with Crippen LogP contribution in [0.4, 0.5) is 0 Å². The van der Waals surface area contributed by atoms with Crippen LogP contribution in [-0.4, -0.2) is 7.05 Å². The Balaban J connectivity index is 2.12. The van der Waals surface area contributed by atoms with Crippen molar-refractivity contribution in [1.29, 1.82) is 0 Å². The number of rotatable bonds is 1. The molecule has 1 heteroatoms. The molecule has 1 fully saturated rings. The lowest BCUT2D eigenvalue weighted by Crippen LogP contribution is -2.27. The van der Waals surface area contributed by atoms with E-state index in [9.17, 15) is 0 Å². The maximum absolute atomic E-state index is 3.45. The minimum Gasteiger partial charge on any atom is -0.313 e. The highest BCUT2D eigenvalue weighted by molar-refractivity contribution is 5.44. The molecule has 2 aliphatic rings. The molecular weight excluding hydrogens is 182 g/mol. The Bertz CT molecular complexity index is 390. The average molecular weight is 201 g/mol. The van der Waals surface area contributed by atoms with Gasteiger partial charge in [0.2, 0.25) is 0 Å². The zero-order chi connectivity index (χ0) is 10.5. The quantitative estimate of drug-likeness (QED) is 0.736. The van der Waals surface area contributed by atoms with Crippen LogP contribution in [0.15, 0.2) is 18.2 Å². The molecular formula is C14H19N. The maximum atomic E-state index is 3.45. The van der Waals surface area contributed by atoms with Gasteiger partial charge in [-0.1, -0.05) is 23.8 Å². The summed E-state index contributed by atoms with van der Waals surface area (Å²) in [5, 5.41) is 3.45. The number of hydrogen-bond donors (Lipinski definition) is 1. The largest absolute Gasteiger partial charge is 0.313 e. The van der Waals surface area contributed by atoms with Crippen molar-refractivity contribution < 1.29 is 0 Å². The van der Waals surface area contributed by atoms with Gasteiger partial charge < -0.3 is 5.32 Å². The first-order valence-electron chi connectivity index (χ1n) is 6.03. The number of fused-ring (bicyclic) bond motifs is 2. The van der Waals surface area contributed by atoms with Crippen LogP contribution in [0.25, 0.3) is 0 Å². The van der Waals surface area contributed by atoms with Gasteiger partial charge in [0.25, 0.3) is 0 Å². The first kappa shape index (κ1) is 9.41. The molecule has 3 rings (SSSR count). The summed E-state index contributed by atoms with van der Waals surface area (Å²) in [4.78, 5) is 0. The molecule has 1 aromatic carbocycles. The molecule has 1 unspecified atom stereocenters. The monoisotopic (exact) mass is 201 g/mol. The molecule has 0 heterocycles. The summed E-state index contributed by atoms with van der Waals surface area (Å²) in [5.74, 6) is 0. The zero-order valence-electron chi connectivity index (χ0n) is 9.64. The predicted molar refractivity (Wildman–Crippen MR) is 63.1 cm³/mol. The van der Waals surface area contributed by atoms with Gasteiger partial charge in [0.1, 0.15) is 0 Å². The summed E-state index contributed by atoms with van der Waals surface area (Å²) in [6.07, 6.45) is 5.53. The first-order chi connectivity index (χ1) is 7.25. The van der Waals surface area contributed by atoms with E-state index >= 15 is 0 Å². The lowest BCUT2D eigenvalue weighted by molar-refractivity contribution is 0.434. The summed E-state index contributed by atoms with van der Waals surface area (Å²) in [6, 6.07) is 7.60. The number of benzene rings is 1. The smallest absolute Gasteiger partial charge is 0.0320 e.